The molecule has 1 aromatic heterocycles. The van der Waals surface area contributed by atoms with Crippen LogP contribution in [0.15, 0.2) is 12.3 Å². The minimum absolute atomic E-state index is 0.102. The second kappa shape index (κ2) is 7.82. The topological polar surface area (TPSA) is 58.1 Å². The minimum Gasteiger partial charge on any atom is -0.350 e. The summed E-state index contributed by atoms with van der Waals surface area (Å²) in [5.74, 6) is 0.898. The Morgan fingerprint density at radius 2 is 2.15 bits per heavy atom. The molecule has 5 nitrogen and oxygen atoms in total. The van der Waals surface area contributed by atoms with Crippen molar-refractivity contribution in [3.05, 3.63) is 18.0 Å². The van der Waals surface area contributed by atoms with E-state index in [0.29, 0.717) is 13.0 Å². The lowest BCUT2D eigenvalue weighted by Crippen LogP contribution is -2.31. The first kappa shape index (κ1) is 14.8. The van der Waals surface area contributed by atoms with Crippen LogP contribution in [0.25, 0.3) is 0 Å². The van der Waals surface area contributed by atoms with Gasteiger partial charge in [0.05, 0.1) is 12.2 Å². The molecule has 1 aliphatic heterocycles. The van der Waals surface area contributed by atoms with Crippen molar-refractivity contribution in [2.24, 2.45) is 0 Å². The van der Waals surface area contributed by atoms with E-state index in [1.165, 1.54) is 19.3 Å². The monoisotopic (exact) mass is 276 g/mol. The first-order chi connectivity index (χ1) is 9.79. The van der Waals surface area contributed by atoms with Gasteiger partial charge in [0.15, 0.2) is 0 Å². The SMILES string of the molecule is CCCCC(=O)NCc1ccnc(N2CCCCC2)n1. The summed E-state index contributed by atoms with van der Waals surface area (Å²) in [7, 11) is 0. The van der Waals surface area contributed by atoms with Gasteiger partial charge in [-0.15, -0.1) is 0 Å². The molecule has 0 unspecified atom stereocenters. The van der Waals surface area contributed by atoms with Gasteiger partial charge in [-0.1, -0.05) is 13.3 Å². The number of anilines is 1. The van der Waals surface area contributed by atoms with E-state index in [9.17, 15) is 4.79 Å². The van der Waals surface area contributed by atoms with Gasteiger partial charge in [-0.3, -0.25) is 4.79 Å². The van der Waals surface area contributed by atoms with Crippen molar-refractivity contribution in [3.63, 3.8) is 0 Å². The smallest absolute Gasteiger partial charge is 0.225 e. The molecule has 110 valence electrons. The molecule has 2 heterocycles. The van der Waals surface area contributed by atoms with Crippen molar-refractivity contribution in [1.82, 2.24) is 15.3 Å². The number of rotatable bonds is 6. The molecule has 0 aliphatic carbocycles. The van der Waals surface area contributed by atoms with Gasteiger partial charge in [0.2, 0.25) is 11.9 Å². The van der Waals surface area contributed by atoms with Crippen LogP contribution >= 0.6 is 0 Å². The quantitative estimate of drug-likeness (QED) is 0.866. The van der Waals surface area contributed by atoms with Gasteiger partial charge in [0.25, 0.3) is 0 Å². The van der Waals surface area contributed by atoms with Crippen LogP contribution in [0.5, 0.6) is 0 Å². The summed E-state index contributed by atoms with van der Waals surface area (Å²) >= 11 is 0. The number of amides is 1. The molecule has 0 saturated carbocycles. The van der Waals surface area contributed by atoms with E-state index >= 15 is 0 Å². The number of hydrogen-bond donors (Lipinski definition) is 1. The second-order valence-corrected chi connectivity index (χ2v) is 5.28. The summed E-state index contributed by atoms with van der Waals surface area (Å²) in [6.45, 7) is 4.65. The highest BCUT2D eigenvalue weighted by molar-refractivity contribution is 5.75. The lowest BCUT2D eigenvalue weighted by Gasteiger charge is -2.26. The van der Waals surface area contributed by atoms with E-state index in [1.807, 2.05) is 6.07 Å². The van der Waals surface area contributed by atoms with Crippen molar-refractivity contribution in [1.29, 1.82) is 0 Å². The standard InChI is InChI=1S/C15H24N4O/c1-2-3-7-14(20)17-12-13-8-9-16-15(18-13)19-10-5-4-6-11-19/h8-9H,2-7,10-12H2,1H3,(H,17,20). The fraction of sp³-hybridized carbons (Fsp3) is 0.667. The van der Waals surface area contributed by atoms with Gasteiger partial charge in [-0.25, -0.2) is 9.97 Å². The second-order valence-electron chi connectivity index (χ2n) is 5.28. The molecule has 0 spiro atoms. The van der Waals surface area contributed by atoms with E-state index < -0.39 is 0 Å². The van der Waals surface area contributed by atoms with Crippen LogP contribution in [0.4, 0.5) is 5.95 Å². The zero-order valence-corrected chi connectivity index (χ0v) is 12.3. The van der Waals surface area contributed by atoms with Crippen LogP contribution < -0.4 is 10.2 Å². The number of hydrogen-bond acceptors (Lipinski definition) is 4. The Balaban J connectivity index is 1.87. The molecule has 1 fully saturated rings. The Labute approximate surface area is 120 Å². The predicted molar refractivity (Wildman–Crippen MR) is 79.5 cm³/mol. The molecular weight excluding hydrogens is 252 g/mol. The lowest BCUT2D eigenvalue weighted by molar-refractivity contribution is -0.121. The Morgan fingerprint density at radius 3 is 2.90 bits per heavy atom. The average Bonchev–Trinajstić information content (AvgIpc) is 2.52. The van der Waals surface area contributed by atoms with Crippen molar-refractivity contribution < 1.29 is 4.79 Å². The van der Waals surface area contributed by atoms with Crippen LogP contribution in [0.3, 0.4) is 0 Å². The maximum absolute atomic E-state index is 11.6. The van der Waals surface area contributed by atoms with Crippen LogP contribution in [0.2, 0.25) is 0 Å². The number of aromatic nitrogens is 2. The number of nitrogens with one attached hydrogen (secondary N) is 1. The third-order valence-electron chi connectivity index (χ3n) is 3.56. The number of carbonyl (C=O) groups is 1. The van der Waals surface area contributed by atoms with E-state index in [-0.39, 0.29) is 5.91 Å². The van der Waals surface area contributed by atoms with Gasteiger partial charge in [0.1, 0.15) is 0 Å². The van der Waals surface area contributed by atoms with E-state index in [0.717, 1.165) is 37.6 Å². The fourth-order valence-corrected chi connectivity index (χ4v) is 2.34. The highest BCUT2D eigenvalue weighted by Gasteiger charge is 2.13. The van der Waals surface area contributed by atoms with E-state index in [2.05, 4.69) is 27.1 Å². The van der Waals surface area contributed by atoms with Crippen LogP contribution in [0, 0.1) is 0 Å². The maximum atomic E-state index is 11.6. The molecule has 2 rings (SSSR count). The molecule has 20 heavy (non-hydrogen) atoms. The third-order valence-corrected chi connectivity index (χ3v) is 3.56. The molecule has 1 aliphatic rings. The van der Waals surface area contributed by atoms with Gasteiger partial charge >= 0.3 is 0 Å². The predicted octanol–water partition coefficient (Wildman–Crippen LogP) is 2.27. The average molecular weight is 276 g/mol. The van der Waals surface area contributed by atoms with Crippen molar-refractivity contribution in [3.8, 4) is 0 Å². The molecule has 0 radical (unpaired) electrons. The molecule has 1 N–H and O–H groups in total. The van der Waals surface area contributed by atoms with Crippen LogP contribution in [-0.4, -0.2) is 29.0 Å². The third kappa shape index (κ3) is 4.47. The van der Waals surface area contributed by atoms with Gasteiger partial charge < -0.3 is 10.2 Å². The Kier molecular flexibility index (Phi) is 5.77. The highest BCUT2D eigenvalue weighted by Crippen LogP contribution is 2.15. The first-order valence-corrected chi connectivity index (χ1v) is 7.63. The Hall–Kier alpha value is -1.65. The minimum atomic E-state index is 0.102. The number of nitrogens with zero attached hydrogens (tertiary/aromatic N) is 3. The van der Waals surface area contributed by atoms with Crippen molar-refractivity contribution >= 4 is 11.9 Å². The summed E-state index contributed by atoms with van der Waals surface area (Å²) in [6.07, 6.45) is 8.08. The van der Waals surface area contributed by atoms with Crippen molar-refractivity contribution in [2.75, 3.05) is 18.0 Å². The molecule has 1 amide bonds. The van der Waals surface area contributed by atoms with Gasteiger partial charge in [-0.2, -0.15) is 0 Å². The maximum Gasteiger partial charge on any atom is 0.225 e. The zero-order chi connectivity index (χ0) is 14.2. The molecule has 0 aromatic carbocycles. The molecule has 1 aromatic rings. The zero-order valence-electron chi connectivity index (χ0n) is 12.3. The van der Waals surface area contributed by atoms with E-state index in [4.69, 9.17) is 0 Å². The molecule has 0 bridgehead atoms. The first-order valence-electron chi connectivity index (χ1n) is 7.63. The summed E-state index contributed by atoms with van der Waals surface area (Å²) in [5.41, 5.74) is 0.880. The summed E-state index contributed by atoms with van der Waals surface area (Å²) < 4.78 is 0. The number of unbranched alkanes of at least 4 members (excludes halogenated alkanes) is 1. The van der Waals surface area contributed by atoms with E-state index in [1.54, 1.807) is 6.20 Å². The normalized spacial score (nSPS) is 15.2. The Morgan fingerprint density at radius 1 is 1.35 bits per heavy atom. The lowest BCUT2D eigenvalue weighted by atomic mass is 10.1. The molecule has 1 saturated heterocycles. The van der Waals surface area contributed by atoms with Crippen LogP contribution in [0.1, 0.15) is 51.1 Å². The largest absolute Gasteiger partial charge is 0.350 e. The molecular formula is C15H24N4O. The van der Waals surface area contributed by atoms with Gasteiger partial charge in [0, 0.05) is 25.7 Å². The summed E-state index contributed by atoms with van der Waals surface area (Å²) in [4.78, 5) is 22.7. The molecule has 5 heteroatoms. The number of carbonyl (C=O) groups excluding carboxylic acids is 1. The highest BCUT2D eigenvalue weighted by atomic mass is 16.1. The van der Waals surface area contributed by atoms with Gasteiger partial charge in [-0.05, 0) is 31.7 Å². The molecule has 0 atom stereocenters. The Bertz CT molecular complexity index is 430. The van der Waals surface area contributed by atoms with Crippen molar-refractivity contribution in [2.45, 2.75) is 52.0 Å². The van der Waals surface area contributed by atoms with Crippen LogP contribution in [-0.2, 0) is 11.3 Å². The fourth-order valence-electron chi connectivity index (χ4n) is 2.34. The number of piperidine rings is 1. The summed E-state index contributed by atoms with van der Waals surface area (Å²) in [5, 5.41) is 2.92. The summed E-state index contributed by atoms with van der Waals surface area (Å²) in [6, 6.07) is 1.87.